The fourth-order valence-electron chi connectivity index (χ4n) is 2.35. The van der Waals surface area contributed by atoms with Crippen LogP contribution in [0.15, 0.2) is 18.2 Å². The summed E-state index contributed by atoms with van der Waals surface area (Å²) in [5, 5.41) is 9.02. The van der Waals surface area contributed by atoms with Gasteiger partial charge in [0.2, 0.25) is 0 Å². The first-order valence-electron chi connectivity index (χ1n) is 7.15. The number of methoxy groups -OCH3 is 2. The van der Waals surface area contributed by atoms with Gasteiger partial charge in [-0.1, -0.05) is 13.0 Å². The number of aryl methyl sites for hydroxylation is 1. The van der Waals surface area contributed by atoms with Crippen LogP contribution in [0.5, 0.6) is 11.5 Å². The number of aliphatic carboxylic acids is 1. The zero-order valence-electron chi connectivity index (χ0n) is 13.0. The molecule has 0 amide bonds. The lowest BCUT2D eigenvalue weighted by molar-refractivity contribution is -0.141. The van der Waals surface area contributed by atoms with Crippen LogP contribution < -0.4 is 15.2 Å². The number of carboxylic acids is 1. The first-order chi connectivity index (χ1) is 10.0. The lowest BCUT2D eigenvalue weighted by Gasteiger charge is -2.16. The molecule has 0 saturated carbocycles. The number of nitrogens with two attached hydrogens (primary N) is 1. The van der Waals surface area contributed by atoms with Gasteiger partial charge in [-0.05, 0) is 42.9 Å². The van der Waals surface area contributed by atoms with Crippen molar-refractivity contribution in [3.8, 4) is 11.5 Å². The van der Waals surface area contributed by atoms with E-state index in [9.17, 15) is 4.79 Å². The van der Waals surface area contributed by atoms with Crippen molar-refractivity contribution < 1.29 is 19.4 Å². The highest BCUT2D eigenvalue weighted by molar-refractivity contribution is 5.70. The topological polar surface area (TPSA) is 81.8 Å². The number of carboxylic acid groups (broad SMARTS) is 1. The predicted octanol–water partition coefficient (Wildman–Crippen LogP) is 2.32. The average molecular weight is 295 g/mol. The molecule has 0 saturated heterocycles. The van der Waals surface area contributed by atoms with Crippen LogP contribution in [0.4, 0.5) is 0 Å². The molecule has 0 bridgehead atoms. The van der Waals surface area contributed by atoms with Gasteiger partial charge in [-0.15, -0.1) is 0 Å². The molecule has 118 valence electrons. The van der Waals surface area contributed by atoms with Crippen molar-refractivity contribution in [1.29, 1.82) is 0 Å². The van der Waals surface area contributed by atoms with Gasteiger partial charge in [-0.2, -0.15) is 0 Å². The molecule has 0 heterocycles. The molecule has 5 nitrogen and oxygen atoms in total. The standard InChI is InChI=1S/C16H25NO4/c1-11(8-13(10-17)16(18)19)4-5-12-6-7-14(20-2)15(9-12)21-3/h6-7,9,11,13H,4-5,8,10,17H2,1-3H3,(H,18,19). The minimum atomic E-state index is -0.810. The summed E-state index contributed by atoms with van der Waals surface area (Å²) in [4.78, 5) is 11.0. The third-order valence-electron chi connectivity index (χ3n) is 3.69. The Labute approximate surface area is 126 Å². The van der Waals surface area contributed by atoms with Gasteiger partial charge in [0.05, 0.1) is 20.1 Å². The van der Waals surface area contributed by atoms with E-state index in [1.165, 1.54) is 0 Å². The summed E-state index contributed by atoms with van der Waals surface area (Å²) in [5.74, 6) is 0.472. The highest BCUT2D eigenvalue weighted by atomic mass is 16.5. The van der Waals surface area contributed by atoms with Crippen LogP contribution >= 0.6 is 0 Å². The summed E-state index contributed by atoms with van der Waals surface area (Å²) in [6, 6.07) is 5.85. The van der Waals surface area contributed by atoms with Crippen LogP contribution in [0.25, 0.3) is 0 Å². The fourth-order valence-corrected chi connectivity index (χ4v) is 2.35. The molecule has 0 aliphatic heterocycles. The number of rotatable bonds is 9. The summed E-state index contributed by atoms with van der Waals surface area (Å²) < 4.78 is 10.5. The lowest BCUT2D eigenvalue weighted by atomic mass is 9.91. The first kappa shape index (κ1) is 17.3. The van der Waals surface area contributed by atoms with Gasteiger partial charge in [-0.25, -0.2) is 0 Å². The summed E-state index contributed by atoms with van der Waals surface area (Å²) >= 11 is 0. The quantitative estimate of drug-likeness (QED) is 0.730. The highest BCUT2D eigenvalue weighted by Crippen LogP contribution is 2.28. The first-order valence-corrected chi connectivity index (χ1v) is 7.15. The number of carbonyl (C=O) groups is 1. The molecule has 21 heavy (non-hydrogen) atoms. The molecule has 1 aromatic carbocycles. The van der Waals surface area contributed by atoms with Gasteiger partial charge in [-0.3, -0.25) is 4.79 Å². The minimum absolute atomic E-state index is 0.191. The Morgan fingerprint density at radius 3 is 2.48 bits per heavy atom. The third-order valence-corrected chi connectivity index (χ3v) is 3.69. The summed E-state index contributed by atoms with van der Waals surface area (Å²) in [7, 11) is 3.22. The Morgan fingerprint density at radius 1 is 1.29 bits per heavy atom. The van der Waals surface area contributed by atoms with Gasteiger partial charge in [0.1, 0.15) is 0 Å². The van der Waals surface area contributed by atoms with Gasteiger partial charge < -0.3 is 20.3 Å². The maximum atomic E-state index is 11.0. The second-order valence-corrected chi connectivity index (χ2v) is 5.34. The van der Waals surface area contributed by atoms with E-state index in [1.54, 1.807) is 14.2 Å². The molecule has 2 unspecified atom stereocenters. The van der Waals surface area contributed by atoms with E-state index >= 15 is 0 Å². The Morgan fingerprint density at radius 2 is 1.95 bits per heavy atom. The maximum Gasteiger partial charge on any atom is 0.307 e. The van der Waals surface area contributed by atoms with E-state index in [1.807, 2.05) is 18.2 Å². The number of ether oxygens (including phenoxy) is 2. The van der Waals surface area contributed by atoms with Crippen molar-refractivity contribution in [2.45, 2.75) is 26.2 Å². The van der Waals surface area contributed by atoms with Crippen LogP contribution in [0.1, 0.15) is 25.3 Å². The van der Waals surface area contributed by atoms with Crippen molar-refractivity contribution in [3.05, 3.63) is 23.8 Å². The van der Waals surface area contributed by atoms with E-state index in [0.717, 1.165) is 18.4 Å². The van der Waals surface area contributed by atoms with Crippen molar-refractivity contribution in [2.75, 3.05) is 20.8 Å². The number of hydrogen-bond donors (Lipinski definition) is 2. The number of hydrogen-bond acceptors (Lipinski definition) is 4. The van der Waals surface area contributed by atoms with Crippen LogP contribution in [-0.2, 0) is 11.2 Å². The smallest absolute Gasteiger partial charge is 0.307 e. The highest BCUT2D eigenvalue weighted by Gasteiger charge is 2.18. The zero-order chi connectivity index (χ0) is 15.8. The average Bonchev–Trinajstić information content (AvgIpc) is 2.49. The van der Waals surface area contributed by atoms with Gasteiger partial charge in [0, 0.05) is 6.54 Å². The Hall–Kier alpha value is -1.75. The van der Waals surface area contributed by atoms with Crippen LogP contribution in [0.2, 0.25) is 0 Å². The van der Waals surface area contributed by atoms with Crippen LogP contribution in [-0.4, -0.2) is 31.8 Å². The van der Waals surface area contributed by atoms with Crippen molar-refractivity contribution in [1.82, 2.24) is 0 Å². The molecule has 0 aromatic heterocycles. The normalized spacial score (nSPS) is 13.5. The molecule has 0 radical (unpaired) electrons. The molecular weight excluding hydrogens is 270 g/mol. The predicted molar refractivity (Wildman–Crippen MR) is 81.8 cm³/mol. The van der Waals surface area contributed by atoms with E-state index in [4.69, 9.17) is 20.3 Å². The maximum absolute atomic E-state index is 11.0. The second kappa shape index (κ2) is 8.52. The van der Waals surface area contributed by atoms with Gasteiger partial charge in [0.15, 0.2) is 11.5 Å². The molecule has 0 fully saturated rings. The summed E-state index contributed by atoms with van der Waals surface area (Å²) in [6.07, 6.45) is 2.40. The molecule has 1 rings (SSSR count). The third kappa shape index (κ3) is 5.27. The van der Waals surface area contributed by atoms with Crippen molar-refractivity contribution in [3.63, 3.8) is 0 Å². The lowest BCUT2D eigenvalue weighted by Crippen LogP contribution is -2.25. The molecular formula is C16H25NO4. The van der Waals surface area contributed by atoms with E-state index in [-0.39, 0.29) is 6.54 Å². The van der Waals surface area contributed by atoms with Crippen LogP contribution in [0, 0.1) is 11.8 Å². The molecule has 0 aliphatic rings. The van der Waals surface area contributed by atoms with E-state index in [0.29, 0.717) is 23.8 Å². The Bertz CT molecular complexity index is 462. The summed E-state index contributed by atoms with van der Waals surface area (Å²) in [5.41, 5.74) is 6.64. The molecule has 2 atom stereocenters. The van der Waals surface area contributed by atoms with Crippen molar-refractivity contribution >= 4 is 5.97 Å². The minimum Gasteiger partial charge on any atom is -0.493 e. The molecule has 5 heteroatoms. The number of benzene rings is 1. The van der Waals surface area contributed by atoms with E-state index in [2.05, 4.69) is 6.92 Å². The van der Waals surface area contributed by atoms with Crippen LogP contribution in [0.3, 0.4) is 0 Å². The SMILES string of the molecule is COc1ccc(CCC(C)CC(CN)C(=O)O)cc1OC. The summed E-state index contributed by atoms with van der Waals surface area (Å²) in [6.45, 7) is 2.25. The van der Waals surface area contributed by atoms with E-state index < -0.39 is 11.9 Å². The van der Waals surface area contributed by atoms with Gasteiger partial charge >= 0.3 is 5.97 Å². The Kier molecular flexibility index (Phi) is 7.02. The zero-order valence-corrected chi connectivity index (χ0v) is 13.0. The molecule has 1 aromatic rings. The van der Waals surface area contributed by atoms with Gasteiger partial charge in [0.25, 0.3) is 0 Å². The Balaban J connectivity index is 2.56. The monoisotopic (exact) mass is 295 g/mol. The van der Waals surface area contributed by atoms with Crippen molar-refractivity contribution in [2.24, 2.45) is 17.6 Å². The molecule has 0 spiro atoms. The molecule has 3 N–H and O–H groups in total. The molecule has 0 aliphatic carbocycles. The largest absolute Gasteiger partial charge is 0.493 e. The second-order valence-electron chi connectivity index (χ2n) is 5.34. The fraction of sp³-hybridized carbons (Fsp3) is 0.562.